The summed E-state index contributed by atoms with van der Waals surface area (Å²) in [4.78, 5) is 0. The van der Waals surface area contributed by atoms with Crippen LogP contribution in [-0.2, 0) is 0 Å². The maximum Gasteiger partial charge on any atom is 0.157 e. The molecule has 4 nitrogen and oxygen atoms in total. The van der Waals surface area contributed by atoms with Crippen LogP contribution in [0, 0.1) is 6.92 Å². The molecule has 3 N–H and O–H groups in total. The molecule has 1 aromatic heterocycles. The van der Waals surface area contributed by atoms with Gasteiger partial charge in [0.1, 0.15) is 0 Å². The summed E-state index contributed by atoms with van der Waals surface area (Å²) < 4.78 is 0. The van der Waals surface area contributed by atoms with E-state index in [0.717, 1.165) is 33.5 Å². The van der Waals surface area contributed by atoms with Crippen molar-refractivity contribution in [2.75, 3.05) is 11.1 Å². The highest BCUT2D eigenvalue weighted by Gasteiger charge is 2.10. The van der Waals surface area contributed by atoms with Crippen molar-refractivity contribution in [3.8, 4) is 0 Å². The van der Waals surface area contributed by atoms with Crippen LogP contribution in [0.5, 0.6) is 0 Å². The third-order valence-corrected chi connectivity index (χ3v) is 3.66. The molecule has 3 rings (SSSR count). The van der Waals surface area contributed by atoms with Crippen LogP contribution in [0.25, 0.3) is 10.8 Å². The molecule has 3 aromatic rings. The Kier molecular flexibility index (Phi) is 3.44. The predicted octanol–water partition coefficient (Wildman–Crippen LogP) is 3.69. The Morgan fingerprint density at radius 3 is 2.33 bits per heavy atom. The summed E-state index contributed by atoms with van der Waals surface area (Å²) in [7, 11) is 0. The third kappa shape index (κ3) is 2.65. The highest BCUT2D eigenvalue weighted by atomic mass is 15.2. The molecular weight excluding hydrogens is 260 g/mol. The predicted molar refractivity (Wildman–Crippen MR) is 87.2 cm³/mol. The maximum atomic E-state index is 5.73. The number of fused-ring (bicyclic) bond motifs is 1. The van der Waals surface area contributed by atoms with Crippen LogP contribution in [-0.4, -0.2) is 10.2 Å². The summed E-state index contributed by atoms with van der Waals surface area (Å²) in [6.45, 7) is 4.07. The number of nitrogens with zero attached hydrogens (tertiary/aromatic N) is 2. The Labute approximate surface area is 124 Å². The molecular formula is C17H18N4. The Morgan fingerprint density at radius 2 is 1.62 bits per heavy atom. The minimum absolute atomic E-state index is 0.131. The summed E-state index contributed by atoms with van der Waals surface area (Å²) in [5.41, 5.74) is 8.60. The zero-order valence-corrected chi connectivity index (χ0v) is 12.2. The lowest BCUT2D eigenvalue weighted by molar-refractivity contribution is 0.862. The molecule has 0 amide bonds. The molecule has 1 heterocycles. The molecule has 0 fully saturated rings. The van der Waals surface area contributed by atoms with Crippen molar-refractivity contribution < 1.29 is 0 Å². The van der Waals surface area contributed by atoms with Crippen LogP contribution >= 0.6 is 0 Å². The molecule has 0 bridgehead atoms. The number of aryl methyl sites for hydroxylation is 1. The van der Waals surface area contributed by atoms with Crippen LogP contribution in [0.4, 0.5) is 11.5 Å². The molecule has 21 heavy (non-hydrogen) atoms. The highest BCUT2D eigenvalue weighted by Crippen LogP contribution is 2.26. The number of nitrogens with one attached hydrogen (secondary N) is 1. The number of benzene rings is 2. The second-order valence-corrected chi connectivity index (χ2v) is 5.21. The molecule has 0 aliphatic carbocycles. The minimum Gasteiger partial charge on any atom is -0.399 e. The van der Waals surface area contributed by atoms with Gasteiger partial charge in [-0.1, -0.05) is 36.4 Å². The lowest BCUT2D eigenvalue weighted by Gasteiger charge is -2.16. The van der Waals surface area contributed by atoms with Gasteiger partial charge in [0.05, 0.1) is 11.7 Å². The van der Waals surface area contributed by atoms with Gasteiger partial charge in [0.25, 0.3) is 0 Å². The van der Waals surface area contributed by atoms with E-state index in [-0.39, 0.29) is 6.04 Å². The van der Waals surface area contributed by atoms with Gasteiger partial charge in [0, 0.05) is 16.5 Å². The Balaban J connectivity index is 1.95. The zero-order chi connectivity index (χ0) is 14.8. The molecule has 1 atom stereocenters. The lowest BCUT2D eigenvalue weighted by Crippen LogP contribution is -2.09. The molecule has 0 saturated carbocycles. The molecule has 0 spiro atoms. The fourth-order valence-electron chi connectivity index (χ4n) is 2.42. The first-order chi connectivity index (χ1) is 10.1. The van der Waals surface area contributed by atoms with Crippen molar-refractivity contribution in [1.29, 1.82) is 0 Å². The van der Waals surface area contributed by atoms with Crippen molar-refractivity contribution in [2.45, 2.75) is 19.9 Å². The molecule has 4 heteroatoms. The zero-order valence-electron chi connectivity index (χ0n) is 12.2. The first-order valence-corrected chi connectivity index (χ1v) is 6.99. The number of hydrogen-bond donors (Lipinski definition) is 2. The monoisotopic (exact) mass is 278 g/mol. The smallest absolute Gasteiger partial charge is 0.157 e. The van der Waals surface area contributed by atoms with E-state index in [1.54, 1.807) is 0 Å². The van der Waals surface area contributed by atoms with E-state index < -0.39 is 0 Å². The van der Waals surface area contributed by atoms with Gasteiger partial charge in [0.15, 0.2) is 5.82 Å². The fraction of sp³-hybridized carbons (Fsp3) is 0.176. The standard InChI is InChI=1S/C17H18N4/c1-11(13-7-9-14(18)10-8-13)19-17-16-6-4-3-5-15(16)12(2)20-21-17/h3-11H,18H2,1-2H3,(H,19,21). The third-order valence-electron chi connectivity index (χ3n) is 3.66. The molecule has 0 aliphatic rings. The minimum atomic E-state index is 0.131. The molecule has 0 aliphatic heterocycles. The first kappa shape index (κ1) is 13.4. The second kappa shape index (κ2) is 5.40. The van der Waals surface area contributed by atoms with Crippen molar-refractivity contribution in [3.05, 3.63) is 59.8 Å². The quantitative estimate of drug-likeness (QED) is 0.717. The van der Waals surface area contributed by atoms with Gasteiger partial charge in [-0.25, -0.2) is 0 Å². The molecule has 1 unspecified atom stereocenters. The summed E-state index contributed by atoms with van der Waals surface area (Å²) >= 11 is 0. The maximum absolute atomic E-state index is 5.73. The Hall–Kier alpha value is -2.62. The summed E-state index contributed by atoms with van der Waals surface area (Å²) in [5, 5.41) is 14.2. The largest absolute Gasteiger partial charge is 0.399 e. The number of nitrogen functional groups attached to an aromatic ring is 1. The second-order valence-electron chi connectivity index (χ2n) is 5.21. The van der Waals surface area contributed by atoms with Gasteiger partial charge in [-0.05, 0) is 31.5 Å². The van der Waals surface area contributed by atoms with E-state index in [0.29, 0.717) is 0 Å². The number of rotatable bonds is 3. The van der Waals surface area contributed by atoms with Crippen LogP contribution in [0.2, 0.25) is 0 Å². The number of nitrogens with two attached hydrogens (primary N) is 1. The van der Waals surface area contributed by atoms with Crippen molar-refractivity contribution in [2.24, 2.45) is 0 Å². The van der Waals surface area contributed by atoms with E-state index in [9.17, 15) is 0 Å². The van der Waals surface area contributed by atoms with Crippen molar-refractivity contribution in [3.63, 3.8) is 0 Å². The van der Waals surface area contributed by atoms with E-state index >= 15 is 0 Å². The van der Waals surface area contributed by atoms with E-state index in [1.807, 2.05) is 43.3 Å². The van der Waals surface area contributed by atoms with Gasteiger partial charge in [-0.3, -0.25) is 0 Å². The molecule has 0 saturated heterocycles. The van der Waals surface area contributed by atoms with Crippen molar-refractivity contribution >= 4 is 22.3 Å². The van der Waals surface area contributed by atoms with Crippen LogP contribution in [0.15, 0.2) is 48.5 Å². The normalized spacial score (nSPS) is 12.3. The topological polar surface area (TPSA) is 63.8 Å². The number of anilines is 2. The van der Waals surface area contributed by atoms with Crippen LogP contribution in [0.3, 0.4) is 0 Å². The SMILES string of the molecule is Cc1nnc(NC(C)c2ccc(N)cc2)c2ccccc12. The highest BCUT2D eigenvalue weighted by molar-refractivity contribution is 5.92. The van der Waals surface area contributed by atoms with Crippen LogP contribution < -0.4 is 11.1 Å². The summed E-state index contributed by atoms with van der Waals surface area (Å²) in [6, 6.07) is 16.2. The first-order valence-electron chi connectivity index (χ1n) is 6.99. The fourth-order valence-corrected chi connectivity index (χ4v) is 2.42. The van der Waals surface area contributed by atoms with Crippen molar-refractivity contribution in [1.82, 2.24) is 10.2 Å². The number of hydrogen-bond acceptors (Lipinski definition) is 4. The summed E-state index contributed by atoms with van der Waals surface area (Å²) in [6.07, 6.45) is 0. The molecule has 2 aromatic carbocycles. The van der Waals surface area contributed by atoms with Gasteiger partial charge in [0.2, 0.25) is 0 Å². The molecule has 106 valence electrons. The van der Waals surface area contributed by atoms with E-state index in [1.165, 1.54) is 0 Å². The van der Waals surface area contributed by atoms with Crippen LogP contribution in [0.1, 0.15) is 24.2 Å². The molecule has 0 radical (unpaired) electrons. The average Bonchev–Trinajstić information content (AvgIpc) is 2.51. The Bertz CT molecular complexity index is 765. The van der Waals surface area contributed by atoms with Gasteiger partial charge in [-0.2, -0.15) is 5.10 Å². The van der Waals surface area contributed by atoms with Gasteiger partial charge in [-0.15, -0.1) is 5.10 Å². The lowest BCUT2D eigenvalue weighted by atomic mass is 10.1. The summed E-state index contributed by atoms with van der Waals surface area (Å²) in [5.74, 6) is 0.806. The average molecular weight is 278 g/mol. The van der Waals surface area contributed by atoms with E-state index in [2.05, 4.69) is 34.6 Å². The van der Waals surface area contributed by atoms with E-state index in [4.69, 9.17) is 5.73 Å². The number of aromatic nitrogens is 2. The van der Waals surface area contributed by atoms with Gasteiger partial charge >= 0.3 is 0 Å². The van der Waals surface area contributed by atoms with Gasteiger partial charge < -0.3 is 11.1 Å². The Morgan fingerprint density at radius 1 is 0.952 bits per heavy atom.